The van der Waals surface area contributed by atoms with E-state index in [9.17, 15) is 9.59 Å². The first-order valence-corrected chi connectivity index (χ1v) is 10.1. The molecule has 5 nitrogen and oxygen atoms in total. The van der Waals surface area contributed by atoms with Gasteiger partial charge < -0.3 is 5.32 Å². The molecule has 1 unspecified atom stereocenters. The second kappa shape index (κ2) is 7.56. The zero-order valence-electron chi connectivity index (χ0n) is 15.8. The number of hydrogen-bond acceptors (Lipinski definition) is 4. The van der Waals surface area contributed by atoms with Crippen molar-refractivity contribution in [1.29, 1.82) is 0 Å². The fourth-order valence-electron chi connectivity index (χ4n) is 3.47. The van der Waals surface area contributed by atoms with Crippen LogP contribution in [0.5, 0.6) is 0 Å². The van der Waals surface area contributed by atoms with Crippen LogP contribution in [0.15, 0.2) is 48.5 Å². The molecule has 0 bridgehead atoms. The van der Waals surface area contributed by atoms with Crippen molar-refractivity contribution in [2.45, 2.75) is 32.6 Å². The standard InChI is InChI=1S/C22H21N3O2S/c1-13-8-10-17(14(2)12-13)23-21(27)16-9-11-18-19(16)24-22(28-18)25-20(26)15-6-4-3-5-7-15/h3-8,10,12,16H,9,11H2,1-2H3,(H,23,27)(H,24,25,26). The number of rotatable bonds is 4. The number of benzene rings is 2. The Balaban J connectivity index is 1.48. The summed E-state index contributed by atoms with van der Waals surface area (Å²) in [6.07, 6.45) is 1.55. The number of amides is 2. The Labute approximate surface area is 167 Å². The Morgan fingerprint density at radius 3 is 2.61 bits per heavy atom. The number of carbonyl (C=O) groups excluding carboxylic acids is 2. The summed E-state index contributed by atoms with van der Waals surface area (Å²) in [5.74, 6) is -0.518. The first-order valence-electron chi connectivity index (χ1n) is 9.25. The summed E-state index contributed by atoms with van der Waals surface area (Å²) >= 11 is 1.45. The molecule has 3 aromatic rings. The maximum Gasteiger partial charge on any atom is 0.257 e. The van der Waals surface area contributed by atoms with E-state index in [1.807, 2.05) is 44.2 Å². The number of thiazole rings is 1. The van der Waals surface area contributed by atoms with Crippen LogP contribution in [0.2, 0.25) is 0 Å². The van der Waals surface area contributed by atoms with Gasteiger partial charge >= 0.3 is 0 Å². The zero-order valence-corrected chi connectivity index (χ0v) is 16.6. The maximum atomic E-state index is 12.8. The monoisotopic (exact) mass is 391 g/mol. The number of nitrogens with zero attached hydrogens (tertiary/aromatic N) is 1. The Bertz CT molecular complexity index is 1040. The van der Waals surface area contributed by atoms with Crippen LogP contribution in [0.1, 0.15) is 44.4 Å². The minimum absolute atomic E-state index is 0.0445. The van der Waals surface area contributed by atoms with Crippen LogP contribution in [-0.2, 0) is 11.2 Å². The van der Waals surface area contributed by atoms with Crippen LogP contribution >= 0.6 is 11.3 Å². The van der Waals surface area contributed by atoms with E-state index in [1.54, 1.807) is 12.1 Å². The molecule has 0 radical (unpaired) electrons. The first-order chi connectivity index (χ1) is 13.5. The third-order valence-corrected chi connectivity index (χ3v) is 5.98. The van der Waals surface area contributed by atoms with Crippen LogP contribution in [0.4, 0.5) is 10.8 Å². The van der Waals surface area contributed by atoms with E-state index in [2.05, 4.69) is 21.7 Å². The largest absolute Gasteiger partial charge is 0.325 e. The summed E-state index contributed by atoms with van der Waals surface area (Å²) in [4.78, 5) is 30.8. The molecule has 2 aromatic carbocycles. The molecule has 1 aliphatic carbocycles. The number of carbonyl (C=O) groups is 2. The summed E-state index contributed by atoms with van der Waals surface area (Å²) in [6.45, 7) is 4.02. The fraction of sp³-hybridized carbons (Fsp3) is 0.227. The number of nitrogens with one attached hydrogen (secondary N) is 2. The van der Waals surface area contributed by atoms with E-state index in [-0.39, 0.29) is 17.7 Å². The molecule has 0 aliphatic heterocycles. The van der Waals surface area contributed by atoms with Crippen molar-refractivity contribution in [1.82, 2.24) is 4.98 Å². The maximum absolute atomic E-state index is 12.8. The predicted molar refractivity (Wildman–Crippen MR) is 112 cm³/mol. The van der Waals surface area contributed by atoms with E-state index in [1.165, 1.54) is 11.3 Å². The van der Waals surface area contributed by atoms with Gasteiger partial charge in [0.2, 0.25) is 5.91 Å². The summed E-state index contributed by atoms with van der Waals surface area (Å²) < 4.78 is 0. The zero-order chi connectivity index (χ0) is 19.7. The Morgan fingerprint density at radius 2 is 1.86 bits per heavy atom. The van der Waals surface area contributed by atoms with Crippen LogP contribution in [-0.4, -0.2) is 16.8 Å². The van der Waals surface area contributed by atoms with E-state index >= 15 is 0 Å². The SMILES string of the molecule is Cc1ccc(NC(=O)C2CCc3sc(NC(=O)c4ccccc4)nc32)c(C)c1. The van der Waals surface area contributed by atoms with Crippen LogP contribution in [0, 0.1) is 13.8 Å². The summed E-state index contributed by atoms with van der Waals surface area (Å²) in [5, 5.41) is 6.43. The highest BCUT2D eigenvalue weighted by Gasteiger charge is 2.33. The molecule has 4 rings (SSSR count). The number of aryl methyl sites for hydroxylation is 3. The third kappa shape index (κ3) is 3.68. The van der Waals surface area contributed by atoms with E-state index in [4.69, 9.17) is 0 Å². The minimum atomic E-state index is -0.283. The molecule has 142 valence electrons. The van der Waals surface area contributed by atoms with E-state index < -0.39 is 0 Å². The van der Waals surface area contributed by atoms with Crippen molar-refractivity contribution in [3.05, 3.63) is 75.8 Å². The first kappa shape index (κ1) is 18.4. The second-order valence-electron chi connectivity index (χ2n) is 7.05. The van der Waals surface area contributed by atoms with Crippen molar-refractivity contribution < 1.29 is 9.59 Å². The predicted octanol–water partition coefficient (Wildman–Crippen LogP) is 4.68. The molecule has 0 saturated heterocycles. The normalized spacial score (nSPS) is 15.1. The second-order valence-corrected chi connectivity index (χ2v) is 8.13. The molecule has 1 aliphatic rings. The molecule has 2 amide bonds. The van der Waals surface area contributed by atoms with Gasteiger partial charge in [0.05, 0.1) is 11.6 Å². The average molecular weight is 391 g/mol. The lowest BCUT2D eigenvalue weighted by Crippen LogP contribution is -2.20. The third-order valence-electron chi connectivity index (χ3n) is 4.93. The van der Waals surface area contributed by atoms with Crippen molar-refractivity contribution >= 4 is 34.0 Å². The molecule has 1 heterocycles. The Morgan fingerprint density at radius 1 is 1.07 bits per heavy atom. The van der Waals surface area contributed by atoms with Gasteiger partial charge in [-0.1, -0.05) is 35.9 Å². The smallest absolute Gasteiger partial charge is 0.257 e. The lowest BCUT2D eigenvalue weighted by Gasteiger charge is -2.13. The molecule has 0 spiro atoms. The van der Waals surface area contributed by atoms with Crippen LogP contribution in [0.3, 0.4) is 0 Å². The van der Waals surface area contributed by atoms with Gasteiger partial charge in [-0.3, -0.25) is 14.9 Å². The number of fused-ring (bicyclic) bond motifs is 1. The minimum Gasteiger partial charge on any atom is -0.325 e. The van der Waals surface area contributed by atoms with E-state index in [0.29, 0.717) is 10.7 Å². The van der Waals surface area contributed by atoms with Gasteiger partial charge in [-0.05, 0) is 50.5 Å². The molecule has 0 fully saturated rings. The van der Waals surface area contributed by atoms with Gasteiger partial charge in [0.1, 0.15) is 0 Å². The van der Waals surface area contributed by atoms with Gasteiger partial charge in [0.25, 0.3) is 5.91 Å². The van der Waals surface area contributed by atoms with Gasteiger partial charge in [-0.25, -0.2) is 4.98 Å². The van der Waals surface area contributed by atoms with Crippen molar-refractivity contribution in [2.24, 2.45) is 0 Å². The molecule has 28 heavy (non-hydrogen) atoms. The molecule has 2 N–H and O–H groups in total. The van der Waals surface area contributed by atoms with Gasteiger partial charge in [-0.2, -0.15) is 0 Å². The number of anilines is 2. The molecule has 6 heteroatoms. The molecule has 1 aromatic heterocycles. The number of hydrogen-bond donors (Lipinski definition) is 2. The lowest BCUT2D eigenvalue weighted by atomic mass is 10.1. The van der Waals surface area contributed by atoms with Crippen molar-refractivity contribution in [2.75, 3.05) is 10.6 Å². The van der Waals surface area contributed by atoms with Crippen molar-refractivity contribution in [3.8, 4) is 0 Å². The van der Waals surface area contributed by atoms with Gasteiger partial charge in [0.15, 0.2) is 5.13 Å². The topological polar surface area (TPSA) is 71.1 Å². The highest BCUT2D eigenvalue weighted by molar-refractivity contribution is 7.16. The van der Waals surface area contributed by atoms with Crippen LogP contribution in [0.25, 0.3) is 0 Å². The van der Waals surface area contributed by atoms with Crippen LogP contribution < -0.4 is 10.6 Å². The molecular formula is C22H21N3O2S. The van der Waals surface area contributed by atoms with Crippen molar-refractivity contribution in [3.63, 3.8) is 0 Å². The molecular weight excluding hydrogens is 370 g/mol. The summed E-state index contributed by atoms with van der Waals surface area (Å²) in [7, 11) is 0. The van der Waals surface area contributed by atoms with Gasteiger partial charge in [0, 0.05) is 16.1 Å². The van der Waals surface area contributed by atoms with Gasteiger partial charge in [-0.15, -0.1) is 11.3 Å². The summed E-state index contributed by atoms with van der Waals surface area (Å²) in [6, 6.07) is 15.0. The summed E-state index contributed by atoms with van der Waals surface area (Å²) in [5.41, 5.74) is 4.41. The Kier molecular flexibility index (Phi) is 4.96. The quantitative estimate of drug-likeness (QED) is 0.678. The van der Waals surface area contributed by atoms with E-state index in [0.717, 1.165) is 40.2 Å². The highest BCUT2D eigenvalue weighted by Crippen LogP contribution is 2.39. The lowest BCUT2D eigenvalue weighted by molar-refractivity contribution is -0.117. The average Bonchev–Trinajstić information content (AvgIpc) is 3.24. The molecule has 0 saturated carbocycles. The molecule has 1 atom stereocenters. The Hall–Kier alpha value is -2.99. The fourth-order valence-corrected chi connectivity index (χ4v) is 4.50. The highest BCUT2D eigenvalue weighted by atomic mass is 32.1. The number of aromatic nitrogens is 1.